The molecule has 9 nitrogen and oxygen atoms in total. The van der Waals surface area contributed by atoms with Crippen molar-refractivity contribution in [1.82, 2.24) is 20.2 Å². The number of ether oxygens (including phenoxy) is 1. The molecule has 0 bridgehead atoms. The molecular weight excluding hydrogens is 410 g/mol. The van der Waals surface area contributed by atoms with Crippen LogP contribution in [0.25, 0.3) is 0 Å². The van der Waals surface area contributed by atoms with Gasteiger partial charge in [0.2, 0.25) is 5.88 Å². The number of rotatable bonds is 8. The Kier molecular flexibility index (Phi) is 6.72. The number of carboxylic acid groups (broad SMARTS) is 1. The van der Waals surface area contributed by atoms with Gasteiger partial charge in [-0.3, -0.25) is 4.79 Å². The van der Waals surface area contributed by atoms with E-state index in [1.165, 1.54) is 18.9 Å². The van der Waals surface area contributed by atoms with Crippen LogP contribution in [0.1, 0.15) is 42.1 Å². The minimum absolute atomic E-state index is 0.213. The molecule has 0 radical (unpaired) electrons. The van der Waals surface area contributed by atoms with Crippen molar-refractivity contribution < 1.29 is 19.4 Å². The van der Waals surface area contributed by atoms with Gasteiger partial charge in [0.25, 0.3) is 0 Å². The Morgan fingerprint density at radius 1 is 1.31 bits per heavy atom. The van der Waals surface area contributed by atoms with Gasteiger partial charge >= 0.3 is 12.0 Å². The summed E-state index contributed by atoms with van der Waals surface area (Å²) >= 11 is 0. The second-order valence-corrected chi connectivity index (χ2v) is 8.38. The van der Waals surface area contributed by atoms with Gasteiger partial charge in [0.1, 0.15) is 5.82 Å². The fourth-order valence-electron chi connectivity index (χ4n) is 4.16. The molecular formula is C23H29N5O4. The Morgan fingerprint density at radius 3 is 2.88 bits per heavy atom. The lowest BCUT2D eigenvalue weighted by atomic mass is 9.93. The molecule has 1 atom stereocenters. The SMILES string of the molecule is COc1ccc([C@H](CC(=O)O)NC(=O)N2CC(CCc3ccc4c(n3)NCCC4)C2)cn1. The molecule has 1 saturated heterocycles. The molecule has 2 amide bonds. The molecule has 0 aliphatic carbocycles. The Hall–Kier alpha value is -3.36. The van der Waals surface area contributed by atoms with Crippen LogP contribution < -0.4 is 15.4 Å². The van der Waals surface area contributed by atoms with Crippen molar-refractivity contribution in [1.29, 1.82) is 0 Å². The number of carboxylic acids is 1. The van der Waals surface area contributed by atoms with Crippen LogP contribution in [-0.4, -0.2) is 58.7 Å². The quantitative estimate of drug-likeness (QED) is 0.579. The van der Waals surface area contributed by atoms with Gasteiger partial charge in [-0.25, -0.2) is 14.8 Å². The maximum atomic E-state index is 12.7. The third kappa shape index (κ3) is 5.27. The van der Waals surface area contributed by atoms with E-state index in [0.717, 1.165) is 43.7 Å². The number of hydrogen-bond donors (Lipinski definition) is 3. The average Bonchev–Trinajstić information content (AvgIpc) is 2.77. The lowest BCUT2D eigenvalue weighted by Gasteiger charge is -2.40. The van der Waals surface area contributed by atoms with Gasteiger partial charge in [-0.15, -0.1) is 0 Å². The average molecular weight is 440 g/mol. The van der Waals surface area contributed by atoms with Gasteiger partial charge in [-0.1, -0.05) is 12.1 Å². The normalized spacial score (nSPS) is 16.3. The zero-order valence-electron chi connectivity index (χ0n) is 18.2. The first-order valence-corrected chi connectivity index (χ1v) is 11.0. The number of methoxy groups -OCH3 is 1. The number of fused-ring (bicyclic) bond motifs is 1. The molecule has 2 aliphatic heterocycles. The van der Waals surface area contributed by atoms with Gasteiger partial charge in [0, 0.05) is 37.6 Å². The molecule has 4 rings (SSSR count). The number of aryl methyl sites for hydroxylation is 2. The smallest absolute Gasteiger partial charge is 0.317 e. The summed E-state index contributed by atoms with van der Waals surface area (Å²) in [4.78, 5) is 34.5. The highest BCUT2D eigenvalue weighted by Crippen LogP contribution is 2.25. The number of carbonyl (C=O) groups is 2. The molecule has 0 aromatic carbocycles. The summed E-state index contributed by atoms with van der Waals surface area (Å²) in [5, 5.41) is 15.4. The minimum atomic E-state index is -0.986. The van der Waals surface area contributed by atoms with Gasteiger partial charge in [0.05, 0.1) is 19.6 Å². The second kappa shape index (κ2) is 9.84. The first kappa shape index (κ1) is 21.9. The van der Waals surface area contributed by atoms with E-state index in [1.807, 2.05) is 0 Å². The van der Waals surface area contributed by atoms with Crippen LogP contribution in [0.4, 0.5) is 10.6 Å². The standard InChI is InChI=1S/C23H29N5O4/c1-32-20-9-6-17(12-25-20)19(11-21(29)30)27-23(31)28-13-15(14-28)4-7-18-8-5-16-3-2-10-24-22(16)26-18/h5-6,8-9,12,15,19H,2-4,7,10-11,13-14H2,1H3,(H,24,26)(H,27,31)(H,29,30)/t19-/m0/s1. The third-order valence-corrected chi connectivity index (χ3v) is 6.05. The lowest BCUT2D eigenvalue weighted by Crippen LogP contribution is -2.54. The highest BCUT2D eigenvalue weighted by atomic mass is 16.5. The van der Waals surface area contributed by atoms with Crippen LogP contribution in [0.2, 0.25) is 0 Å². The number of likely N-dealkylation sites (tertiary alicyclic amines) is 1. The maximum absolute atomic E-state index is 12.7. The molecule has 1 fully saturated rings. The summed E-state index contributed by atoms with van der Waals surface area (Å²) in [6, 6.07) is 6.75. The van der Waals surface area contributed by atoms with E-state index in [9.17, 15) is 14.7 Å². The summed E-state index contributed by atoms with van der Waals surface area (Å²) in [6.07, 6.45) is 5.40. The number of anilines is 1. The van der Waals surface area contributed by atoms with E-state index < -0.39 is 12.0 Å². The number of nitrogens with zero attached hydrogens (tertiary/aromatic N) is 3. The third-order valence-electron chi connectivity index (χ3n) is 6.05. The van der Waals surface area contributed by atoms with E-state index in [4.69, 9.17) is 9.72 Å². The number of carbonyl (C=O) groups excluding carboxylic acids is 1. The van der Waals surface area contributed by atoms with Crippen LogP contribution in [0, 0.1) is 5.92 Å². The summed E-state index contributed by atoms with van der Waals surface area (Å²) in [7, 11) is 1.51. The first-order valence-electron chi connectivity index (χ1n) is 11.0. The molecule has 0 spiro atoms. The van der Waals surface area contributed by atoms with E-state index in [-0.39, 0.29) is 12.5 Å². The van der Waals surface area contributed by atoms with Crippen LogP contribution >= 0.6 is 0 Å². The van der Waals surface area contributed by atoms with Crippen molar-refractivity contribution in [3.63, 3.8) is 0 Å². The molecule has 170 valence electrons. The highest BCUT2D eigenvalue weighted by molar-refractivity contribution is 5.77. The highest BCUT2D eigenvalue weighted by Gasteiger charge is 2.32. The summed E-state index contributed by atoms with van der Waals surface area (Å²) in [5.74, 6) is 0.886. The number of aromatic nitrogens is 2. The number of nitrogens with one attached hydrogen (secondary N) is 2. The molecule has 3 N–H and O–H groups in total. The van der Waals surface area contributed by atoms with Crippen molar-refractivity contribution in [2.45, 2.75) is 38.1 Å². The van der Waals surface area contributed by atoms with E-state index in [2.05, 4.69) is 27.8 Å². The molecule has 2 aromatic heterocycles. The van der Waals surface area contributed by atoms with Crippen molar-refractivity contribution >= 4 is 17.8 Å². The van der Waals surface area contributed by atoms with Gasteiger partial charge in [-0.05, 0) is 48.8 Å². The number of pyridine rings is 2. The van der Waals surface area contributed by atoms with E-state index in [0.29, 0.717) is 30.5 Å². The summed E-state index contributed by atoms with van der Waals surface area (Å²) in [6.45, 7) is 2.30. The van der Waals surface area contributed by atoms with Gasteiger partial charge < -0.3 is 25.4 Å². The van der Waals surface area contributed by atoms with Crippen LogP contribution in [0.15, 0.2) is 30.5 Å². The Labute approximate surface area is 187 Å². The molecule has 32 heavy (non-hydrogen) atoms. The zero-order chi connectivity index (χ0) is 22.5. The number of aliphatic carboxylic acids is 1. The van der Waals surface area contributed by atoms with Crippen LogP contribution in [0.5, 0.6) is 5.88 Å². The van der Waals surface area contributed by atoms with Gasteiger partial charge in [0.15, 0.2) is 0 Å². The molecule has 2 aromatic rings. The fourth-order valence-corrected chi connectivity index (χ4v) is 4.16. The fraction of sp³-hybridized carbons (Fsp3) is 0.478. The van der Waals surface area contributed by atoms with E-state index in [1.54, 1.807) is 17.0 Å². The number of amides is 2. The number of hydrogen-bond acceptors (Lipinski definition) is 6. The monoisotopic (exact) mass is 439 g/mol. The molecule has 0 unspecified atom stereocenters. The maximum Gasteiger partial charge on any atom is 0.317 e. The summed E-state index contributed by atoms with van der Waals surface area (Å²) < 4.78 is 5.04. The lowest BCUT2D eigenvalue weighted by molar-refractivity contribution is -0.137. The molecule has 4 heterocycles. The zero-order valence-corrected chi connectivity index (χ0v) is 18.2. The molecule has 2 aliphatic rings. The van der Waals surface area contributed by atoms with Crippen molar-refractivity contribution in [2.75, 3.05) is 32.1 Å². The largest absolute Gasteiger partial charge is 0.481 e. The Balaban J connectivity index is 1.26. The van der Waals surface area contributed by atoms with Crippen molar-refractivity contribution in [3.8, 4) is 5.88 Å². The first-order chi connectivity index (χ1) is 15.5. The van der Waals surface area contributed by atoms with E-state index >= 15 is 0 Å². The van der Waals surface area contributed by atoms with Crippen molar-refractivity contribution in [3.05, 3.63) is 47.3 Å². The predicted octanol–water partition coefficient (Wildman–Crippen LogP) is 2.63. The Bertz CT molecular complexity index is 959. The Morgan fingerprint density at radius 2 is 2.16 bits per heavy atom. The van der Waals surface area contributed by atoms with Crippen LogP contribution in [-0.2, 0) is 17.6 Å². The van der Waals surface area contributed by atoms with Crippen molar-refractivity contribution in [2.24, 2.45) is 5.92 Å². The second-order valence-electron chi connectivity index (χ2n) is 8.38. The van der Waals surface area contributed by atoms with Gasteiger partial charge in [-0.2, -0.15) is 0 Å². The molecule has 9 heteroatoms. The molecule has 0 saturated carbocycles. The summed E-state index contributed by atoms with van der Waals surface area (Å²) in [5.41, 5.74) is 3.00. The number of urea groups is 1. The van der Waals surface area contributed by atoms with Crippen LogP contribution in [0.3, 0.4) is 0 Å². The predicted molar refractivity (Wildman–Crippen MR) is 119 cm³/mol. The minimum Gasteiger partial charge on any atom is -0.481 e. The topological polar surface area (TPSA) is 117 Å².